The lowest BCUT2D eigenvalue weighted by molar-refractivity contribution is 1.46. The molecule has 0 saturated heterocycles. The van der Waals surface area contributed by atoms with Crippen LogP contribution in [-0.4, -0.2) is 0 Å². The minimum Gasteiger partial charge on any atom is -0.399 e. The highest BCUT2D eigenvalue weighted by Crippen LogP contribution is 2.24. The number of aryl methyl sites for hydroxylation is 1. The molecule has 2 heteroatoms. The second kappa shape index (κ2) is 4.07. The van der Waals surface area contributed by atoms with Crippen LogP contribution in [0.1, 0.15) is 5.56 Å². The van der Waals surface area contributed by atoms with Crippen LogP contribution in [0.5, 0.6) is 0 Å². The summed E-state index contributed by atoms with van der Waals surface area (Å²) in [4.78, 5) is 0. The van der Waals surface area contributed by atoms with Crippen molar-refractivity contribution in [2.45, 2.75) is 6.92 Å². The molecule has 0 unspecified atom stereocenters. The first kappa shape index (κ1) is 10.2. The van der Waals surface area contributed by atoms with Gasteiger partial charge in [0.05, 0.1) is 0 Å². The lowest BCUT2D eigenvalue weighted by atomic mass is 10.0. The Morgan fingerprint density at radius 2 is 1.60 bits per heavy atom. The molecule has 2 aromatic rings. The Kier molecular flexibility index (Phi) is 2.78. The minimum atomic E-state index is 0.813. The van der Waals surface area contributed by atoms with E-state index in [-0.39, 0.29) is 0 Å². The Bertz CT molecular complexity index is 454. The molecule has 0 aliphatic rings. The lowest BCUT2D eigenvalue weighted by Crippen LogP contribution is -1.87. The van der Waals surface area contributed by atoms with Crippen LogP contribution in [0.4, 0.5) is 5.69 Å². The number of anilines is 1. The zero-order chi connectivity index (χ0) is 10.8. The Morgan fingerprint density at radius 3 is 2.20 bits per heavy atom. The van der Waals surface area contributed by atoms with Crippen LogP contribution < -0.4 is 5.73 Å². The molecule has 0 spiro atoms. The minimum absolute atomic E-state index is 0.813. The third-order valence-corrected chi connectivity index (χ3v) is 2.81. The monoisotopic (exact) mass is 261 g/mol. The van der Waals surface area contributed by atoms with E-state index in [4.69, 9.17) is 5.73 Å². The second-order valence-electron chi connectivity index (χ2n) is 3.64. The second-order valence-corrected chi connectivity index (χ2v) is 4.55. The van der Waals surface area contributed by atoms with E-state index in [2.05, 4.69) is 41.1 Å². The van der Waals surface area contributed by atoms with Crippen molar-refractivity contribution >= 4 is 21.6 Å². The van der Waals surface area contributed by atoms with Gasteiger partial charge in [-0.15, -0.1) is 0 Å². The molecule has 2 rings (SSSR count). The van der Waals surface area contributed by atoms with Gasteiger partial charge in [-0.3, -0.25) is 0 Å². The van der Waals surface area contributed by atoms with Crippen molar-refractivity contribution in [1.29, 1.82) is 0 Å². The average molecular weight is 262 g/mol. The van der Waals surface area contributed by atoms with Gasteiger partial charge in [0.1, 0.15) is 0 Å². The summed E-state index contributed by atoms with van der Waals surface area (Å²) in [7, 11) is 0. The van der Waals surface area contributed by atoms with E-state index in [0.717, 1.165) is 10.2 Å². The highest BCUT2D eigenvalue weighted by Gasteiger charge is 1.99. The normalized spacial score (nSPS) is 10.3. The number of hydrogen-bond donors (Lipinski definition) is 1. The van der Waals surface area contributed by atoms with Crippen LogP contribution >= 0.6 is 15.9 Å². The molecule has 0 fully saturated rings. The van der Waals surface area contributed by atoms with Crippen molar-refractivity contribution in [1.82, 2.24) is 0 Å². The van der Waals surface area contributed by atoms with Gasteiger partial charge in [-0.25, -0.2) is 0 Å². The van der Waals surface area contributed by atoms with Gasteiger partial charge in [0, 0.05) is 10.2 Å². The molecule has 76 valence electrons. The molecule has 1 nitrogen and oxygen atoms in total. The van der Waals surface area contributed by atoms with Crippen molar-refractivity contribution in [3.63, 3.8) is 0 Å². The van der Waals surface area contributed by atoms with Gasteiger partial charge in [-0.2, -0.15) is 0 Å². The summed E-state index contributed by atoms with van der Waals surface area (Å²) in [6.45, 7) is 2.05. The van der Waals surface area contributed by atoms with Gasteiger partial charge < -0.3 is 5.73 Å². The van der Waals surface area contributed by atoms with E-state index in [1.165, 1.54) is 16.7 Å². The summed E-state index contributed by atoms with van der Waals surface area (Å²) in [6, 6.07) is 14.3. The Morgan fingerprint density at radius 1 is 0.933 bits per heavy atom. The maximum Gasteiger partial charge on any atom is 0.0322 e. The maximum absolute atomic E-state index is 5.82. The van der Waals surface area contributed by atoms with E-state index in [1.807, 2.05) is 24.3 Å². The fourth-order valence-corrected chi connectivity index (χ4v) is 1.89. The third kappa shape index (κ3) is 2.39. The van der Waals surface area contributed by atoms with Crippen LogP contribution in [0.2, 0.25) is 0 Å². The van der Waals surface area contributed by atoms with E-state index in [1.54, 1.807) is 0 Å². The number of nitrogens with two attached hydrogens (primary N) is 1. The van der Waals surface area contributed by atoms with Crippen molar-refractivity contribution in [3.05, 3.63) is 52.5 Å². The van der Waals surface area contributed by atoms with Crippen molar-refractivity contribution in [3.8, 4) is 11.1 Å². The van der Waals surface area contributed by atoms with Crippen LogP contribution in [0, 0.1) is 6.92 Å². The smallest absolute Gasteiger partial charge is 0.0322 e. The van der Waals surface area contributed by atoms with Gasteiger partial charge in [0.15, 0.2) is 0 Å². The Balaban J connectivity index is 2.49. The summed E-state index contributed by atoms with van der Waals surface area (Å²) < 4.78 is 1.09. The molecule has 0 bridgehead atoms. The number of halogens is 1. The van der Waals surface area contributed by atoms with Gasteiger partial charge >= 0.3 is 0 Å². The SMILES string of the molecule is Cc1cc(N)cc(-c2ccc(Br)cc2)c1. The molecule has 0 saturated carbocycles. The highest BCUT2D eigenvalue weighted by atomic mass is 79.9. The summed E-state index contributed by atoms with van der Waals surface area (Å²) >= 11 is 3.42. The fourth-order valence-electron chi connectivity index (χ4n) is 1.62. The van der Waals surface area contributed by atoms with Crippen molar-refractivity contribution < 1.29 is 0 Å². The molecular formula is C13H12BrN. The largest absolute Gasteiger partial charge is 0.399 e. The third-order valence-electron chi connectivity index (χ3n) is 2.28. The lowest BCUT2D eigenvalue weighted by Gasteiger charge is -2.05. The van der Waals surface area contributed by atoms with Gasteiger partial charge in [-0.05, 0) is 47.9 Å². The first-order valence-corrected chi connectivity index (χ1v) is 5.57. The molecule has 2 aromatic carbocycles. The summed E-state index contributed by atoms with van der Waals surface area (Å²) in [6.07, 6.45) is 0. The number of nitrogen functional groups attached to an aromatic ring is 1. The molecule has 0 amide bonds. The number of benzene rings is 2. The summed E-state index contributed by atoms with van der Waals surface area (Å²) in [5.41, 5.74) is 10.2. The van der Waals surface area contributed by atoms with Crippen molar-refractivity contribution in [2.24, 2.45) is 0 Å². The standard InChI is InChI=1S/C13H12BrN/c1-9-6-11(8-13(15)7-9)10-2-4-12(14)5-3-10/h2-8H,15H2,1H3. The quantitative estimate of drug-likeness (QED) is 0.772. The van der Waals surface area contributed by atoms with E-state index in [0.29, 0.717) is 0 Å². The molecule has 0 aliphatic carbocycles. The molecule has 0 atom stereocenters. The molecule has 15 heavy (non-hydrogen) atoms. The highest BCUT2D eigenvalue weighted by molar-refractivity contribution is 9.10. The van der Waals surface area contributed by atoms with E-state index in [9.17, 15) is 0 Å². The zero-order valence-electron chi connectivity index (χ0n) is 8.50. The molecule has 0 aliphatic heterocycles. The fraction of sp³-hybridized carbons (Fsp3) is 0.0769. The topological polar surface area (TPSA) is 26.0 Å². The predicted octanol–water partition coefficient (Wildman–Crippen LogP) is 4.01. The Hall–Kier alpha value is -1.28. The van der Waals surface area contributed by atoms with Crippen LogP contribution in [-0.2, 0) is 0 Å². The number of hydrogen-bond acceptors (Lipinski definition) is 1. The molecule has 0 radical (unpaired) electrons. The predicted molar refractivity (Wildman–Crippen MR) is 68.7 cm³/mol. The van der Waals surface area contributed by atoms with Crippen molar-refractivity contribution in [2.75, 3.05) is 5.73 Å². The molecular weight excluding hydrogens is 250 g/mol. The van der Waals surface area contributed by atoms with Gasteiger partial charge in [0.2, 0.25) is 0 Å². The zero-order valence-corrected chi connectivity index (χ0v) is 10.1. The molecule has 0 heterocycles. The summed E-state index contributed by atoms with van der Waals surface area (Å²) in [5.74, 6) is 0. The maximum atomic E-state index is 5.82. The average Bonchev–Trinajstić information content (AvgIpc) is 2.17. The molecule has 2 N–H and O–H groups in total. The van der Waals surface area contributed by atoms with E-state index >= 15 is 0 Å². The van der Waals surface area contributed by atoms with Crippen LogP contribution in [0.15, 0.2) is 46.9 Å². The van der Waals surface area contributed by atoms with Crippen LogP contribution in [0.3, 0.4) is 0 Å². The first-order chi connectivity index (χ1) is 7.15. The summed E-state index contributed by atoms with van der Waals surface area (Å²) in [5, 5.41) is 0. The van der Waals surface area contributed by atoms with E-state index < -0.39 is 0 Å². The first-order valence-electron chi connectivity index (χ1n) is 4.78. The molecule has 0 aromatic heterocycles. The van der Waals surface area contributed by atoms with Gasteiger partial charge in [-0.1, -0.05) is 34.1 Å². The number of rotatable bonds is 1. The Labute approximate surface area is 98.1 Å². The van der Waals surface area contributed by atoms with Crippen LogP contribution in [0.25, 0.3) is 11.1 Å². The van der Waals surface area contributed by atoms with Gasteiger partial charge in [0.25, 0.3) is 0 Å².